The molecule has 6 nitrogen and oxygen atoms in total. The minimum absolute atomic E-state index is 0.0358. The van der Waals surface area contributed by atoms with Gasteiger partial charge in [0.05, 0.1) is 22.8 Å². The standard InChI is InChI=1S/C21H27Cl2N3O3/c1-14-13-25(10-11-29-14)15-4-7-24(8-5-15)20(27)17-6-9-26(21(17)28)16-2-3-18(22)19(23)12-16/h2-3,12,14-15,17H,4-11,13H2,1H3. The van der Waals surface area contributed by atoms with Gasteiger partial charge in [0, 0.05) is 44.5 Å². The van der Waals surface area contributed by atoms with E-state index in [2.05, 4.69) is 11.8 Å². The van der Waals surface area contributed by atoms with Crippen molar-refractivity contribution in [3.8, 4) is 0 Å². The lowest BCUT2D eigenvalue weighted by Crippen LogP contribution is -2.52. The normalized spacial score (nSPS) is 26.9. The zero-order valence-electron chi connectivity index (χ0n) is 16.7. The molecule has 3 saturated heterocycles. The first kappa shape index (κ1) is 20.9. The number of morpholine rings is 1. The number of hydrogen-bond donors (Lipinski definition) is 0. The molecular formula is C21H27Cl2N3O3. The van der Waals surface area contributed by atoms with E-state index < -0.39 is 5.92 Å². The van der Waals surface area contributed by atoms with Crippen molar-refractivity contribution in [2.45, 2.75) is 38.3 Å². The Morgan fingerprint density at radius 2 is 1.83 bits per heavy atom. The summed E-state index contributed by atoms with van der Waals surface area (Å²) in [5.41, 5.74) is 0.694. The molecule has 158 valence electrons. The minimum Gasteiger partial charge on any atom is -0.376 e. The van der Waals surface area contributed by atoms with E-state index in [1.54, 1.807) is 23.1 Å². The van der Waals surface area contributed by atoms with Crippen molar-refractivity contribution < 1.29 is 14.3 Å². The number of ether oxygens (including phenoxy) is 1. The number of hydrogen-bond acceptors (Lipinski definition) is 4. The number of benzene rings is 1. The van der Waals surface area contributed by atoms with E-state index in [0.717, 1.165) is 32.5 Å². The quantitative estimate of drug-likeness (QED) is 0.679. The maximum Gasteiger partial charge on any atom is 0.239 e. The molecule has 0 saturated carbocycles. The number of carbonyl (C=O) groups excluding carboxylic acids is 2. The first-order valence-electron chi connectivity index (χ1n) is 10.3. The third-order valence-corrected chi connectivity index (χ3v) is 7.02. The van der Waals surface area contributed by atoms with Crippen molar-refractivity contribution in [2.24, 2.45) is 5.92 Å². The lowest BCUT2D eigenvalue weighted by atomic mass is 9.99. The Morgan fingerprint density at radius 1 is 1.07 bits per heavy atom. The highest BCUT2D eigenvalue weighted by Gasteiger charge is 2.41. The molecule has 0 bridgehead atoms. The molecule has 1 aromatic carbocycles. The van der Waals surface area contributed by atoms with Crippen LogP contribution in [-0.4, -0.2) is 73.1 Å². The number of halogens is 2. The largest absolute Gasteiger partial charge is 0.376 e. The van der Waals surface area contributed by atoms with Gasteiger partial charge in [-0.15, -0.1) is 0 Å². The highest BCUT2D eigenvalue weighted by molar-refractivity contribution is 6.42. The van der Waals surface area contributed by atoms with Crippen LogP contribution in [-0.2, 0) is 14.3 Å². The molecule has 0 aliphatic carbocycles. The predicted molar refractivity (Wildman–Crippen MR) is 114 cm³/mol. The molecule has 29 heavy (non-hydrogen) atoms. The second kappa shape index (κ2) is 8.80. The van der Waals surface area contributed by atoms with Gasteiger partial charge in [-0.25, -0.2) is 0 Å². The summed E-state index contributed by atoms with van der Waals surface area (Å²) in [6.45, 7) is 6.76. The van der Waals surface area contributed by atoms with Crippen LogP contribution in [0.5, 0.6) is 0 Å². The smallest absolute Gasteiger partial charge is 0.239 e. The fourth-order valence-corrected chi connectivity index (χ4v) is 4.96. The number of anilines is 1. The van der Waals surface area contributed by atoms with Gasteiger partial charge in [-0.1, -0.05) is 23.2 Å². The highest BCUT2D eigenvalue weighted by atomic mass is 35.5. The topological polar surface area (TPSA) is 53.1 Å². The van der Waals surface area contributed by atoms with Gasteiger partial charge < -0.3 is 14.5 Å². The molecule has 2 amide bonds. The molecule has 3 aliphatic heterocycles. The van der Waals surface area contributed by atoms with Gasteiger partial charge in [-0.3, -0.25) is 14.5 Å². The number of rotatable bonds is 3. The van der Waals surface area contributed by atoms with E-state index in [1.165, 1.54) is 0 Å². The van der Waals surface area contributed by atoms with Crippen molar-refractivity contribution in [1.82, 2.24) is 9.80 Å². The molecular weight excluding hydrogens is 413 g/mol. The molecule has 3 aliphatic rings. The number of carbonyl (C=O) groups is 2. The van der Waals surface area contributed by atoms with Gasteiger partial charge in [0.25, 0.3) is 0 Å². The Labute approximate surface area is 181 Å². The highest BCUT2D eigenvalue weighted by Crippen LogP contribution is 2.32. The fraction of sp³-hybridized carbons (Fsp3) is 0.619. The van der Waals surface area contributed by atoms with Gasteiger partial charge in [-0.05, 0) is 44.4 Å². The summed E-state index contributed by atoms with van der Waals surface area (Å²) in [5, 5.41) is 0.860. The van der Waals surface area contributed by atoms with Crippen LogP contribution in [0, 0.1) is 5.92 Å². The predicted octanol–water partition coefficient (Wildman–Crippen LogP) is 3.06. The van der Waals surface area contributed by atoms with Crippen molar-refractivity contribution in [3.05, 3.63) is 28.2 Å². The summed E-state index contributed by atoms with van der Waals surface area (Å²) >= 11 is 12.1. The summed E-state index contributed by atoms with van der Waals surface area (Å²) in [4.78, 5) is 32.0. The van der Waals surface area contributed by atoms with Crippen LogP contribution in [0.15, 0.2) is 18.2 Å². The van der Waals surface area contributed by atoms with E-state index in [4.69, 9.17) is 27.9 Å². The van der Waals surface area contributed by atoms with E-state index in [1.807, 2.05) is 4.90 Å². The second-order valence-electron chi connectivity index (χ2n) is 8.16. The van der Waals surface area contributed by atoms with Crippen LogP contribution in [0.25, 0.3) is 0 Å². The van der Waals surface area contributed by atoms with Crippen LogP contribution in [0.2, 0.25) is 10.0 Å². The minimum atomic E-state index is -0.593. The second-order valence-corrected chi connectivity index (χ2v) is 8.98. The van der Waals surface area contributed by atoms with Crippen LogP contribution in [0.3, 0.4) is 0 Å². The Hall–Kier alpha value is -1.34. The summed E-state index contributed by atoms with van der Waals surface area (Å²) in [7, 11) is 0. The summed E-state index contributed by atoms with van der Waals surface area (Å²) in [5.74, 6) is -0.770. The Balaban J connectivity index is 1.34. The average Bonchev–Trinajstić information content (AvgIpc) is 3.11. The van der Waals surface area contributed by atoms with E-state index in [0.29, 0.717) is 47.8 Å². The summed E-state index contributed by atoms with van der Waals surface area (Å²) < 4.78 is 5.63. The van der Waals surface area contributed by atoms with E-state index in [-0.39, 0.29) is 17.9 Å². The van der Waals surface area contributed by atoms with Gasteiger partial charge in [0.2, 0.25) is 11.8 Å². The average molecular weight is 440 g/mol. The third kappa shape index (κ3) is 4.41. The molecule has 0 spiro atoms. The zero-order chi connectivity index (χ0) is 20.5. The van der Waals surface area contributed by atoms with Gasteiger partial charge >= 0.3 is 0 Å². The number of nitrogens with zero attached hydrogens (tertiary/aromatic N) is 3. The van der Waals surface area contributed by atoms with Crippen molar-refractivity contribution in [1.29, 1.82) is 0 Å². The van der Waals surface area contributed by atoms with E-state index >= 15 is 0 Å². The van der Waals surface area contributed by atoms with Crippen LogP contribution < -0.4 is 4.90 Å². The molecule has 1 aromatic rings. The molecule has 0 aromatic heterocycles. The number of likely N-dealkylation sites (tertiary alicyclic amines) is 1. The number of piperidine rings is 1. The molecule has 8 heteroatoms. The Morgan fingerprint density at radius 3 is 2.52 bits per heavy atom. The fourth-order valence-electron chi connectivity index (χ4n) is 4.67. The molecule has 2 atom stereocenters. The molecule has 4 rings (SSSR count). The van der Waals surface area contributed by atoms with Crippen LogP contribution in [0.1, 0.15) is 26.2 Å². The summed E-state index contributed by atoms with van der Waals surface area (Å²) in [6, 6.07) is 5.63. The molecule has 0 radical (unpaired) electrons. The Bertz CT molecular complexity index is 782. The van der Waals surface area contributed by atoms with E-state index in [9.17, 15) is 9.59 Å². The molecule has 3 heterocycles. The first-order chi connectivity index (χ1) is 13.9. The molecule has 3 fully saturated rings. The maximum absolute atomic E-state index is 13.0. The SMILES string of the molecule is CC1CN(C2CCN(C(=O)C3CCN(c4ccc(Cl)c(Cl)c4)C3=O)CC2)CCO1. The first-order valence-corrected chi connectivity index (χ1v) is 11.1. The zero-order valence-corrected chi connectivity index (χ0v) is 18.2. The van der Waals surface area contributed by atoms with Crippen molar-refractivity contribution in [3.63, 3.8) is 0 Å². The van der Waals surface area contributed by atoms with Gasteiger partial charge in [0.15, 0.2) is 0 Å². The maximum atomic E-state index is 13.0. The molecule has 0 N–H and O–H groups in total. The monoisotopic (exact) mass is 439 g/mol. The van der Waals surface area contributed by atoms with Crippen molar-refractivity contribution in [2.75, 3.05) is 44.2 Å². The van der Waals surface area contributed by atoms with Crippen molar-refractivity contribution >= 4 is 40.7 Å². The number of amides is 2. The van der Waals surface area contributed by atoms with Crippen LogP contribution in [0.4, 0.5) is 5.69 Å². The Kier molecular flexibility index (Phi) is 6.35. The van der Waals surface area contributed by atoms with Crippen LogP contribution >= 0.6 is 23.2 Å². The molecule has 2 unspecified atom stereocenters. The summed E-state index contributed by atoms with van der Waals surface area (Å²) in [6.07, 6.45) is 2.72. The van der Waals surface area contributed by atoms with Gasteiger partial charge in [-0.2, -0.15) is 0 Å². The lowest BCUT2D eigenvalue weighted by Gasteiger charge is -2.42. The lowest BCUT2D eigenvalue weighted by molar-refractivity contribution is -0.141. The van der Waals surface area contributed by atoms with Gasteiger partial charge in [0.1, 0.15) is 5.92 Å². The third-order valence-electron chi connectivity index (χ3n) is 6.28.